The number of likely N-dealkylation sites (tertiary alicyclic amines) is 1. The molecule has 2 rings (SSSR count). The number of rotatable bonds is 1. The first kappa shape index (κ1) is 13.1. The zero-order valence-electron chi connectivity index (χ0n) is 11.8. The Balaban J connectivity index is 1.97. The fourth-order valence-electron chi connectivity index (χ4n) is 2.55. The summed E-state index contributed by atoms with van der Waals surface area (Å²) in [7, 11) is 0. The molecule has 4 nitrogen and oxygen atoms in total. The smallest absolute Gasteiger partial charge is 0.227 e. The SMILES string of the molecule is Cc1ccnn1C1CCN(C(=O)C(C)(C)C)CC1. The van der Waals surface area contributed by atoms with Crippen molar-refractivity contribution in [3.05, 3.63) is 18.0 Å². The summed E-state index contributed by atoms with van der Waals surface area (Å²) in [6, 6.07) is 2.48. The van der Waals surface area contributed by atoms with Gasteiger partial charge in [-0.2, -0.15) is 5.10 Å². The molecule has 4 heteroatoms. The fourth-order valence-corrected chi connectivity index (χ4v) is 2.55. The molecule has 0 bridgehead atoms. The van der Waals surface area contributed by atoms with Crippen molar-refractivity contribution in [3.63, 3.8) is 0 Å². The minimum atomic E-state index is -0.269. The van der Waals surface area contributed by atoms with E-state index in [0.717, 1.165) is 25.9 Å². The number of aryl methyl sites for hydroxylation is 1. The van der Waals surface area contributed by atoms with E-state index >= 15 is 0 Å². The fraction of sp³-hybridized carbons (Fsp3) is 0.714. The lowest BCUT2D eigenvalue weighted by molar-refractivity contribution is -0.140. The van der Waals surface area contributed by atoms with Gasteiger partial charge in [0, 0.05) is 30.4 Å². The molecule has 0 spiro atoms. The summed E-state index contributed by atoms with van der Waals surface area (Å²) in [5, 5.41) is 4.37. The van der Waals surface area contributed by atoms with E-state index in [2.05, 4.69) is 16.7 Å². The predicted octanol–water partition coefficient (Wildman–Crippen LogP) is 2.40. The van der Waals surface area contributed by atoms with Crippen molar-refractivity contribution in [1.29, 1.82) is 0 Å². The molecule has 0 radical (unpaired) electrons. The second-order valence-electron chi connectivity index (χ2n) is 6.19. The molecule has 0 N–H and O–H groups in total. The quantitative estimate of drug-likeness (QED) is 0.766. The summed E-state index contributed by atoms with van der Waals surface area (Å²) in [5.74, 6) is 0.262. The average molecular weight is 249 g/mol. The van der Waals surface area contributed by atoms with Crippen LogP contribution in [0.3, 0.4) is 0 Å². The monoisotopic (exact) mass is 249 g/mol. The number of nitrogens with zero attached hydrogens (tertiary/aromatic N) is 3. The maximum Gasteiger partial charge on any atom is 0.227 e. The third kappa shape index (κ3) is 2.57. The van der Waals surface area contributed by atoms with Gasteiger partial charge in [0.15, 0.2) is 0 Å². The Hall–Kier alpha value is -1.32. The molecular formula is C14H23N3O. The van der Waals surface area contributed by atoms with Crippen LogP contribution in [-0.4, -0.2) is 33.7 Å². The summed E-state index contributed by atoms with van der Waals surface area (Å²) < 4.78 is 2.10. The van der Waals surface area contributed by atoms with Crippen molar-refractivity contribution < 1.29 is 4.79 Å². The van der Waals surface area contributed by atoms with Gasteiger partial charge in [-0.1, -0.05) is 20.8 Å². The second kappa shape index (κ2) is 4.75. The van der Waals surface area contributed by atoms with E-state index in [4.69, 9.17) is 0 Å². The highest BCUT2D eigenvalue weighted by Crippen LogP contribution is 2.26. The summed E-state index contributed by atoms with van der Waals surface area (Å²) >= 11 is 0. The molecular weight excluding hydrogens is 226 g/mol. The Morgan fingerprint density at radius 3 is 2.39 bits per heavy atom. The van der Waals surface area contributed by atoms with Gasteiger partial charge in [0.25, 0.3) is 0 Å². The number of hydrogen-bond donors (Lipinski definition) is 0. The van der Waals surface area contributed by atoms with Crippen LogP contribution < -0.4 is 0 Å². The molecule has 1 amide bonds. The van der Waals surface area contributed by atoms with E-state index in [1.165, 1.54) is 5.69 Å². The molecule has 18 heavy (non-hydrogen) atoms. The van der Waals surface area contributed by atoms with Crippen molar-refractivity contribution in [2.45, 2.75) is 46.6 Å². The van der Waals surface area contributed by atoms with Crippen LogP contribution in [0.1, 0.15) is 45.3 Å². The third-order valence-electron chi connectivity index (χ3n) is 3.61. The number of carbonyl (C=O) groups excluding carboxylic acids is 1. The number of aromatic nitrogens is 2. The Kier molecular flexibility index (Phi) is 3.46. The zero-order valence-corrected chi connectivity index (χ0v) is 11.8. The van der Waals surface area contributed by atoms with Crippen LogP contribution in [0.25, 0.3) is 0 Å². The molecule has 1 aliphatic heterocycles. The highest BCUT2D eigenvalue weighted by molar-refractivity contribution is 5.81. The topological polar surface area (TPSA) is 38.1 Å². The van der Waals surface area contributed by atoms with E-state index in [0.29, 0.717) is 6.04 Å². The standard InChI is InChI=1S/C14H23N3O/c1-11-5-8-15-17(11)12-6-9-16(10-7-12)13(18)14(2,3)4/h5,8,12H,6-7,9-10H2,1-4H3. The summed E-state index contributed by atoms with van der Waals surface area (Å²) in [6.45, 7) is 9.73. The van der Waals surface area contributed by atoms with Crippen LogP contribution in [-0.2, 0) is 4.79 Å². The van der Waals surface area contributed by atoms with Crippen LogP contribution in [0.5, 0.6) is 0 Å². The highest BCUT2D eigenvalue weighted by Gasteiger charge is 2.31. The van der Waals surface area contributed by atoms with Crippen molar-refractivity contribution in [2.75, 3.05) is 13.1 Å². The van der Waals surface area contributed by atoms with Crippen LogP contribution in [0.2, 0.25) is 0 Å². The van der Waals surface area contributed by atoms with E-state index in [1.54, 1.807) is 0 Å². The van der Waals surface area contributed by atoms with E-state index in [1.807, 2.05) is 37.9 Å². The molecule has 1 aromatic rings. The lowest BCUT2D eigenvalue weighted by Crippen LogP contribution is -2.44. The Morgan fingerprint density at radius 1 is 1.33 bits per heavy atom. The molecule has 0 aromatic carbocycles. The zero-order chi connectivity index (χ0) is 13.3. The second-order valence-corrected chi connectivity index (χ2v) is 6.19. The van der Waals surface area contributed by atoms with Crippen molar-refractivity contribution in [3.8, 4) is 0 Å². The molecule has 0 atom stereocenters. The van der Waals surface area contributed by atoms with Gasteiger partial charge in [-0.05, 0) is 25.8 Å². The number of piperidine rings is 1. The lowest BCUT2D eigenvalue weighted by atomic mass is 9.93. The molecule has 1 aliphatic rings. The lowest BCUT2D eigenvalue weighted by Gasteiger charge is -2.36. The van der Waals surface area contributed by atoms with Gasteiger partial charge in [-0.15, -0.1) is 0 Å². The Labute approximate surface area is 109 Å². The predicted molar refractivity (Wildman–Crippen MR) is 71.3 cm³/mol. The largest absolute Gasteiger partial charge is 0.342 e. The molecule has 0 unspecified atom stereocenters. The van der Waals surface area contributed by atoms with Crippen molar-refractivity contribution in [2.24, 2.45) is 5.41 Å². The van der Waals surface area contributed by atoms with Gasteiger partial charge in [0.2, 0.25) is 5.91 Å². The summed E-state index contributed by atoms with van der Waals surface area (Å²) in [6.07, 6.45) is 3.86. The van der Waals surface area contributed by atoms with Gasteiger partial charge in [0.1, 0.15) is 0 Å². The normalized spacial score (nSPS) is 18.1. The first-order valence-corrected chi connectivity index (χ1v) is 6.69. The number of carbonyl (C=O) groups is 1. The summed E-state index contributed by atoms with van der Waals surface area (Å²) in [4.78, 5) is 14.2. The van der Waals surface area contributed by atoms with Gasteiger partial charge >= 0.3 is 0 Å². The average Bonchev–Trinajstić information content (AvgIpc) is 2.73. The third-order valence-corrected chi connectivity index (χ3v) is 3.61. The van der Waals surface area contributed by atoms with Crippen LogP contribution >= 0.6 is 0 Å². The molecule has 0 aliphatic carbocycles. The summed E-state index contributed by atoms with van der Waals surface area (Å²) in [5.41, 5.74) is 0.935. The van der Waals surface area contributed by atoms with E-state index < -0.39 is 0 Å². The molecule has 0 saturated carbocycles. The van der Waals surface area contributed by atoms with Gasteiger partial charge in [-0.25, -0.2) is 0 Å². The maximum atomic E-state index is 12.2. The Morgan fingerprint density at radius 2 is 1.94 bits per heavy atom. The maximum absolute atomic E-state index is 12.2. The van der Waals surface area contributed by atoms with Gasteiger partial charge in [-0.3, -0.25) is 9.48 Å². The molecule has 100 valence electrons. The molecule has 1 saturated heterocycles. The number of amides is 1. The van der Waals surface area contributed by atoms with Crippen LogP contribution in [0.4, 0.5) is 0 Å². The highest BCUT2D eigenvalue weighted by atomic mass is 16.2. The van der Waals surface area contributed by atoms with Gasteiger partial charge in [0.05, 0.1) is 6.04 Å². The Bertz CT molecular complexity index is 422. The molecule has 1 aromatic heterocycles. The van der Waals surface area contributed by atoms with E-state index in [9.17, 15) is 4.79 Å². The van der Waals surface area contributed by atoms with Crippen LogP contribution in [0.15, 0.2) is 12.3 Å². The van der Waals surface area contributed by atoms with Gasteiger partial charge < -0.3 is 4.90 Å². The minimum Gasteiger partial charge on any atom is -0.342 e. The van der Waals surface area contributed by atoms with Crippen molar-refractivity contribution in [1.82, 2.24) is 14.7 Å². The molecule has 1 fully saturated rings. The molecule has 2 heterocycles. The van der Waals surface area contributed by atoms with E-state index in [-0.39, 0.29) is 11.3 Å². The number of hydrogen-bond acceptors (Lipinski definition) is 2. The first-order valence-electron chi connectivity index (χ1n) is 6.69. The minimum absolute atomic E-state index is 0.262. The van der Waals surface area contributed by atoms with Crippen molar-refractivity contribution >= 4 is 5.91 Å². The first-order chi connectivity index (χ1) is 8.39. The van der Waals surface area contributed by atoms with Crippen LogP contribution in [0, 0.1) is 12.3 Å².